The van der Waals surface area contributed by atoms with Crippen molar-refractivity contribution in [1.82, 2.24) is 0 Å². The number of carbonyl (C=O) groups excluding carboxylic acids is 1. The molecule has 0 radical (unpaired) electrons. The molecule has 0 N–H and O–H groups in total. The third-order valence-corrected chi connectivity index (χ3v) is 2.03. The quantitative estimate of drug-likeness (QED) is 0.361. The van der Waals surface area contributed by atoms with E-state index < -0.39 is 5.97 Å². The highest BCUT2D eigenvalue weighted by atomic mass is 79.9. The number of nitrogens with zero attached hydrogens (tertiary/aromatic N) is 1. The van der Waals surface area contributed by atoms with E-state index in [0.717, 1.165) is 5.56 Å². The summed E-state index contributed by atoms with van der Waals surface area (Å²) < 4.78 is 5.18. The van der Waals surface area contributed by atoms with E-state index in [1.807, 2.05) is 30.3 Å². The zero-order valence-corrected chi connectivity index (χ0v) is 10.4. The van der Waals surface area contributed by atoms with Crippen LogP contribution in [0.4, 0.5) is 0 Å². The molecule has 0 heterocycles. The minimum atomic E-state index is -0.452. The predicted octanol–water partition coefficient (Wildman–Crippen LogP) is 2.32. The Morgan fingerprint density at radius 2 is 2.06 bits per heavy atom. The highest BCUT2D eigenvalue weighted by Crippen LogP contribution is 2.03. The first-order chi connectivity index (χ1) is 7.74. The molecular weight excluding hydrogens is 274 g/mol. The monoisotopic (exact) mass is 285 g/mol. The third-order valence-electron chi connectivity index (χ3n) is 1.71. The molecule has 0 aliphatic rings. The van der Waals surface area contributed by atoms with E-state index in [2.05, 4.69) is 25.9 Å². The maximum Gasteiger partial charge on any atom is 0.331 e. The van der Waals surface area contributed by atoms with E-state index in [4.69, 9.17) is 4.74 Å². The fourth-order valence-electron chi connectivity index (χ4n) is 1.05. The number of hydrogen-bond donors (Lipinski definition) is 0. The topological polar surface area (TPSA) is 47.9 Å². The van der Waals surface area contributed by atoms with Crippen LogP contribution in [0.5, 0.6) is 0 Å². The van der Waals surface area contributed by atoms with Gasteiger partial charge < -0.3 is 9.57 Å². The highest BCUT2D eigenvalue weighted by molar-refractivity contribution is 9.09. The summed E-state index contributed by atoms with van der Waals surface area (Å²) in [6.45, 7) is 1.58. The van der Waals surface area contributed by atoms with Crippen molar-refractivity contribution in [2.24, 2.45) is 5.16 Å². The van der Waals surface area contributed by atoms with Crippen molar-refractivity contribution in [2.45, 2.75) is 6.92 Å². The second kappa shape index (κ2) is 7.14. The normalized spacial score (nSPS) is 11.2. The van der Waals surface area contributed by atoms with Crippen LogP contribution in [0.25, 0.3) is 0 Å². The molecule has 0 fully saturated rings. The Kier molecular flexibility index (Phi) is 5.74. The number of oxime groups is 1. The van der Waals surface area contributed by atoms with Gasteiger partial charge in [-0.3, -0.25) is 0 Å². The van der Waals surface area contributed by atoms with Crippen LogP contribution in [-0.2, 0) is 14.4 Å². The number of rotatable bonds is 5. The third kappa shape index (κ3) is 4.55. The lowest BCUT2D eigenvalue weighted by atomic mass is 10.1. The van der Waals surface area contributed by atoms with Crippen LogP contribution in [0, 0.1) is 0 Å². The fourth-order valence-corrected chi connectivity index (χ4v) is 1.21. The molecule has 16 heavy (non-hydrogen) atoms. The molecule has 0 atom stereocenters. The summed E-state index contributed by atoms with van der Waals surface area (Å²) >= 11 is 3.15. The molecule has 0 bridgehead atoms. The van der Waals surface area contributed by atoms with Gasteiger partial charge in [0.15, 0.2) is 0 Å². The highest BCUT2D eigenvalue weighted by Gasteiger charge is 2.04. The number of ether oxygens (including phenoxy) is 1. The second-order valence-corrected chi connectivity index (χ2v) is 3.40. The van der Waals surface area contributed by atoms with E-state index in [1.165, 1.54) is 6.92 Å². The van der Waals surface area contributed by atoms with E-state index in [-0.39, 0.29) is 6.61 Å². The minimum Gasteiger partial charge on any atom is -0.364 e. The maximum absolute atomic E-state index is 10.7. The fraction of sp³-hybridized carbons (Fsp3) is 0.273. The Hall–Kier alpha value is -1.20. The molecule has 1 aromatic carbocycles. The second-order valence-electron chi connectivity index (χ2n) is 2.94. The maximum atomic E-state index is 10.7. The molecular formula is C11H12BrNO3. The summed E-state index contributed by atoms with van der Waals surface area (Å²) in [5, 5.41) is 3.75. The minimum absolute atomic E-state index is 0.280. The molecule has 4 nitrogen and oxygen atoms in total. The van der Waals surface area contributed by atoms with Crippen LogP contribution in [0.1, 0.15) is 12.5 Å². The van der Waals surface area contributed by atoms with Gasteiger partial charge in [-0.25, -0.2) is 4.79 Å². The van der Waals surface area contributed by atoms with Gasteiger partial charge in [0.1, 0.15) is 11.2 Å². The average Bonchev–Trinajstić information content (AvgIpc) is 2.30. The van der Waals surface area contributed by atoms with Gasteiger partial charge in [-0.05, 0) is 0 Å². The van der Waals surface area contributed by atoms with Crippen molar-refractivity contribution in [3.8, 4) is 0 Å². The number of benzene rings is 1. The Morgan fingerprint density at radius 1 is 1.38 bits per heavy atom. The van der Waals surface area contributed by atoms with Gasteiger partial charge >= 0.3 is 5.97 Å². The number of halogens is 1. The Bertz CT molecular complexity index is 365. The summed E-state index contributed by atoms with van der Waals surface area (Å²) in [4.78, 5) is 15.3. The molecule has 0 aromatic heterocycles. The van der Waals surface area contributed by atoms with Gasteiger partial charge in [0.25, 0.3) is 0 Å². The molecule has 0 unspecified atom stereocenters. The van der Waals surface area contributed by atoms with Crippen LogP contribution in [0.2, 0.25) is 0 Å². The zero-order chi connectivity index (χ0) is 11.8. The van der Waals surface area contributed by atoms with Gasteiger partial charge in [0, 0.05) is 12.5 Å². The lowest BCUT2D eigenvalue weighted by Gasteiger charge is -2.05. The van der Waals surface area contributed by atoms with Gasteiger partial charge in [-0.15, -0.1) is 0 Å². The van der Waals surface area contributed by atoms with Crippen LogP contribution >= 0.6 is 15.9 Å². The van der Waals surface area contributed by atoms with Crippen molar-refractivity contribution in [3.63, 3.8) is 0 Å². The van der Waals surface area contributed by atoms with E-state index in [0.29, 0.717) is 11.2 Å². The van der Waals surface area contributed by atoms with Crippen LogP contribution in [-0.4, -0.2) is 23.8 Å². The lowest BCUT2D eigenvalue weighted by Crippen LogP contribution is -2.11. The van der Waals surface area contributed by atoms with Crippen LogP contribution < -0.4 is 0 Å². The Labute approximate surface area is 102 Å². The summed E-state index contributed by atoms with van der Waals surface area (Å²) in [6.07, 6.45) is 0. The number of carbonyl (C=O) groups is 1. The van der Waals surface area contributed by atoms with Gasteiger partial charge in [-0.2, -0.15) is 0 Å². The van der Waals surface area contributed by atoms with E-state index >= 15 is 0 Å². The van der Waals surface area contributed by atoms with Crippen molar-refractivity contribution < 1.29 is 14.4 Å². The van der Waals surface area contributed by atoms with Crippen molar-refractivity contribution >= 4 is 27.6 Å². The molecule has 0 aliphatic heterocycles. The van der Waals surface area contributed by atoms with Crippen LogP contribution in [0.3, 0.4) is 0 Å². The standard InChI is InChI=1S/C11H12BrNO3/c1-9(14)16-13-11(7-15-8-12)10-5-3-2-4-6-10/h2-6H,7-8H2,1H3. The first kappa shape index (κ1) is 12.9. The van der Waals surface area contributed by atoms with Crippen molar-refractivity contribution in [3.05, 3.63) is 35.9 Å². The van der Waals surface area contributed by atoms with Crippen LogP contribution in [0.15, 0.2) is 35.5 Å². The SMILES string of the molecule is CC(=O)ON=C(COCBr)c1ccccc1. The lowest BCUT2D eigenvalue weighted by molar-refractivity contribution is -0.140. The summed E-state index contributed by atoms with van der Waals surface area (Å²) in [6, 6.07) is 9.41. The molecule has 1 aromatic rings. The molecule has 0 saturated heterocycles. The molecule has 5 heteroatoms. The summed E-state index contributed by atoms with van der Waals surface area (Å²) in [5.41, 5.74) is 1.85. The van der Waals surface area contributed by atoms with E-state index in [9.17, 15) is 4.79 Å². The van der Waals surface area contributed by atoms with Gasteiger partial charge in [0.05, 0.1) is 6.61 Å². The van der Waals surface area contributed by atoms with E-state index in [1.54, 1.807) is 0 Å². The zero-order valence-electron chi connectivity index (χ0n) is 8.85. The molecule has 0 aliphatic carbocycles. The molecule has 0 saturated carbocycles. The van der Waals surface area contributed by atoms with Crippen molar-refractivity contribution in [1.29, 1.82) is 0 Å². The number of hydrogen-bond acceptors (Lipinski definition) is 4. The largest absolute Gasteiger partial charge is 0.364 e. The van der Waals surface area contributed by atoms with Gasteiger partial charge in [-0.1, -0.05) is 51.4 Å². The molecule has 0 spiro atoms. The molecule has 1 rings (SSSR count). The Morgan fingerprint density at radius 3 is 2.62 bits per heavy atom. The predicted molar refractivity (Wildman–Crippen MR) is 64.5 cm³/mol. The first-order valence-electron chi connectivity index (χ1n) is 4.67. The molecule has 86 valence electrons. The molecule has 0 amide bonds. The number of alkyl halides is 1. The average molecular weight is 286 g/mol. The van der Waals surface area contributed by atoms with Crippen molar-refractivity contribution in [2.75, 3.05) is 12.1 Å². The summed E-state index contributed by atoms with van der Waals surface area (Å²) in [5.74, 6) is -0.452. The Balaban J connectivity index is 2.78. The first-order valence-corrected chi connectivity index (χ1v) is 5.79. The smallest absolute Gasteiger partial charge is 0.331 e. The van der Waals surface area contributed by atoms with Gasteiger partial charge in [0.2, 0.25) is 0 Å². The summed E-state index contributed by atoms with van der Waals surface area (Å²) in [7, 11) is 0.